The van der Waals surface area contributed by atoms with Gasteiger partial charge in [0, 0.05) is 13.5 Å². The molecule has 0 saturated heterocycles. The number of amides is 1. The topological polar surface area (TPSA) is 105 Å². The third-order valence-electron chi connectivity index (χ3n) is 5.41. The van der Waals surface area contributed by atoms with E-state index >= 15 is 0 Å². The zero-order chi connectivity index (χ0) is 21.4. The van der Waals surface area contributed by atoms with Crippen molar-refractivity contribution in [2.24, 2.45) is 0 Å². The van der Waals surface area contributed by atoms with Gasteiger partial charge in [0.25, 0.3) is 5.56 Å². The van der Waals surface area contributed by atoms with Crippen LogP contribution in [0.15, 0.2) is 58.1 Å². The maximum Gasteiger partial charge on any atom is 0.335 e. The zero-order valence-corrected chi connectivity index (χ0v) is 16.6. The highest BCUT2D eigenvalue weighted by atomic mass is 16.5. The Hall–Kier alpha value is -3.81. The molecule has 2 N–H and O–H groups in total. The van der Waals surface area contributed by atoms with Crippen molar-refractivity contribution in [2.45, 2.75) is 19.4 Å². The Morgan fingerprint density at radius 2 is 1.83 bits per heavy atom. The third kappa shape index (κ3) is 3.06. The molecule has 0 saturated carbocycles. The van der Waals surface area contributed by atoms with Gasteiger partial charge in [-0.15, -0.1) is 0 Å². The molecule has 1 aromatic heterocycles. The molecular formula is C22H21N3O5. The largest absolute Gasteiger partial charge is 0.495 e. The monoisotopic (exact) mass is 407 g/mol. The van der Waals surface area contributed by atoms with Crippen molar-refractivity contribution >= 4 is 5.91 Å². The standard InChI is InChI=1S/C22H21N3O5/c1-13(26)24-12-11-14-7-3-4-8-15(14)19(24)18-20(27)23-22(29)25(21(18)28)16-9-5-6-10-17(16)30-2/h3-10,19,28H,11-12H2,1-2H3,(H,23,27,29). The lowest BCUT2D eigenvalue weighted by molar-refractivity contribution is -0.130. The predicted octanol–water partition coefficient (Wildman–Crippen LogP) is 1.73. The number of nitrogens with one attached hydrogen (secondary N) is 1. The van der Waals surface area contributed by atoms with Gasteiger partial charge in [-0.05, 0) is 29.7 Å². The average molecular weight is 407 g/mol. The second-order valence-corrected chi connectivity index (χ2v) is 7.07. The van der Waals surface area contributed by atoms with Crippen LogP contribution >= 0.6 is 0 Å². The van der Waals surface area contributed by atoms with Gasteiger partial charge in [-0.2, -0.15) is 0 Å². The van der Waals surface area contributed by atoms with Gasteiger partial charge in [-0.3, -0.25) is 14.6 Å². The van der Waals surface area contributed by atoms with Crippen LogP contribution in [-0.4, -0.2) is 39.1 Å². The number of aromatic amines is 1. The lowest BCUT2D eigenvalue weighted by Crippen LogP contribution is -2.43. The van der Waals surface area contributed by atoms with Crippen molar-refractivity contribution in [3.8, 4) is 17.3 Å². The van der Waals surface area contributed by atoms with Crippen molar-refractivity contribution < 1.29 is 14.6 Å². The summed E-state index contributed by atoms with van der Waals surface area (Å²) in [6.45, 7) is 1.81. The number of nitrogens with zero attached hydrogens (tertiary/aromatic N) is 2. The summed E-state index contributed by atoms with van der Waals surface area (Å²) >= 11 is 0. The van der Waals surface area contributed by atoms with Crippen molar-refractivity contribution in [2.75, 3.05) is 13.7 Å². The summed E-state index contributed by atoms with van der Waals surface area (Å²) in [6.07, 6.45) is 0.636. The average Bonchev–Trinajstić information content (AvgIpc) is 2.73. The maximum absolute atomic E-state index is 12.9. The predicted molar refractivity (Wildman–Crippen MR) is 110 cm³/mol. The molecule has 154 valence electrons. The number of fused-ring (bicyclic) bond motifs is 1. The van der Waals surface area contributed by atoms with Crippen LogP contribution in [-0.2, 0) is 11.2 Å². The number of aromatic hydroxyl groups is 1. The van der Waals surface area contributed by atoms with Crippen LogP contribution in [0.2, 0.25) is 0 Å². The minimum absolute atomic E-state index is 0.0668. The molecule has 0 radical (unpaired) electrons. The number of rotatable bonds is 3. The highest BCUT2D eigenvalue weighted by Gasteiger charge is 2.35. The normalized spacial score (nSPS) is 15.5. The molecule has 30 heavy (non-hydrogen) atoms. The van der Waals surface area contributed by atoms with Crippen LogP contribution in [0.4, 0.5) is 0 Å². The van der Waals surface area contributed by atoms with Gasteiger partial charge in [0.05, 0.1) is 18.8 Å². The van der Waals surface area contributed by atoms with E-state index in [1.807, 2.05) is 24.3 Å². The zero-order valence-electron chi connectivity index (χ0n) is 16.6. The molecule has 0 aliphatic carbocycles. The molecule has 8 nitrogen and oxygen atoms in total. The number of aromatic nitrogens is 2. The fourth-order valence-corrected chi connectivity index (χ4v) is 4.04. The number of hydrogen-bond donors (Lipinski definition) is 2. The molecule has 1 atom stereocenters. The minimum Gasteiger partial charge on any atom is -0.495 e. The SMILES string of the molecule is COc1ccccc1-n1c(O)c(C2c3ccccc3CCN2C(C)=O)c(=O)[nH]c1=O. The van der Waals surface area contributed by atoms with Gasteiger partial charge in [0.1, 0.15) is 11.3 Å². The first-order valence-corrected chi connectivity index (χ1v) is 9.50. The van der Waals surface area contributed by atoms with E-state index in [9.17, 15) is 19.5 Å². The van der Waals surface area contributed by atoms with Crippen molar-refractivity contribution in [1.82, 2.24) is 14.5 Å². The molecule has 0 bridgehead atoms. The van der Waals surface area contributed by atoms with Crippen LogP contribution in [0.1, 0.15) is 29.7 Å². The first kappa shape index (κ1) is 19.5. The Morgan fingerprint density at radius 3 is 2.57 bits per heavy atom. The second-order valence-electron chi connectivity index (χ2n) is 7.07. The van der Waals surface area contributed by atoms with Gasteiger partial charge < -0.3 is 14.7 Å². The second kappa shape index (κ2) is 7.55. The van der Waals surface area contributed by atoms with Crippen LogP contribution < -0.4 is 16.0 Å². The van der Waals surface area contributed by atoms with E-state index in [0.29, 0.717) is 18.7 Å². The molecule has 1 amide bonds. The third-order valence-corrected chi connectivity index (χ3v) is 5.41. The van der Waals surface area contributed by atoms with Crippen LogP contribution in [0.25, 0.3) is 5.69 Å². The number of carbonyl (C=O) groups excluding carboxylic acids is 1. The molecule has 1 aliphatic rings. The first-order chi connectivity index (χ1) is 14.4. The highest BCUT2D eigenvalue weighted by molar-refractivity contribution is 5.75. The summed E-state index contributed by atoms with van der Waals surface area (Å²) in [4.78, 5) is 41.7. The van der Waals surface area contributed by atoms with Crippen molar-refractivity contribution in [3.63, 3.8) is 0 Å². The van der Waals surface area contributed by atoms with Gasteiger partial charge in [-0.1, -0.05) is 36.4 Å². The molecule has 2 aromatic carbocycles. The van der Waals surface area contributed by atoms with Gasteiger partial charge in [0.15, 0.2) is 0 Å². The number of benzene rings is 2. The van der Waals surface area contributed by atoms with Crippen LogP contribution in [0, 0.1) is 0 Å². The molecule has 1 unspecified atom stereocenters. The Bertz CT molecular complexity index is 1240. The summed E-state index contributed by atoms with van der Waals surface area (Å²) in [6, 6.07) is 13.3. The van der Waals surface area contributed by atoms with Gasteiger partial charge in [-0.25, -0.2) is 9.36 Å². The molecule has 0 fully saturated rings. The van der Waals surface area contributed by atoms with Gasteiger partial charge in [0.2, 0.25) is 11.8 Å². The first-order valence-electron chi connectivity index (χ1n) is 9.50. The fourth-order valence-electron chi connectivity index (χ4n) is 4.04. The summed E-state index contributed by atoms with van der Waals surface area (Å²) in [7, 11) is 1.45. The Morgan fingerprint density at radius 1 is 1.13 bits per heavy atom. The molecule has 2 heterocycles. The number of ether oxygens (including phenoxy) is 1. The van der Waals surface area contributed by atoms with Crippen molar-refractivity contribution in [3.05, 3.63) is 86.1 Å². The molecule has 8 heteroatoms. The van der Waals surface area contributed by atoms with Crippen LogP contribution in [0.5, 0.6) is 11.6 Å². The lowest BCUT2D eigenvalue weighted by atomic mass is 9.88. The number of methoxy groups -OCH3 is 1. The summed E-state index contributed by atoms with van der Waals surface area (Å²) in [5.74, 6) is -0.412. The smallest absolute Gasteiger partial charge is 0.335 e. The number of H-pyrrole nitrogens is 1. The summed E-state index contributed by atoms with van der Waals surface area (Å²) in [5, 5.41) is 11.2. The Labute approximate surface area is 172 Å². The summed E-state index contributed by atoms with van der Waals surface area (Å²) < 4.78 is 6.30. The van der Waals surface area contributed by atoms with E-state index < -0.39 is 23.2 Å². The highest BCUT2D eigenvalue weighted by Crippen LogP contribution is 2.37. The molecule has 0 spiro atoms. The van der Waals surface area contributed by atoms with E-state index in [4.69, 9.17) is 4.74 Å². The maximum atomic E-state index is 12.9. The summed E-state index contributed by atoms with van der Waals surface area (Å²) in [5.41, 5.74) is 0.390. The molecule has 1 aliphatic heterocycles. The minimum atomic E-state index is -0.822. The molecular weight excluding hydrogens is 386 g/mol. The van der Waals surface area contributed by atoms with E-state index in [-0.39, 0.29) is 17.2 Å². The van der Waals surface area contributed by atoms with Crippen LogP contribution in [0.3, 0.4) is 0 Å². The van der Waals surface area contributed by atoms with E-state index in [1.165, 1.54) is 18.9 Å². The number of para-hydroxylation sites is 2. The molecule has 4 rings (SSSR count). The lowest BCUT2D eigenvalue weighted by Gasteiger charge is -2.37. The number of carbonyl (C=O) groups is 1. The fraction of sp³-hybridized carbons (Fsp3) is 0.227. The van der Waals surface area contributed by atoms with Gasteiger partial charge >= 0.3 is 5.69 Å². The van der Waals surface area contributed by atoms with E-state index in [1.54, 1.807) is 24.3 Å². The quantitative estimate of drug-likeness (QED) is 0.688. The number of hydrogen-bond acceptors (Lipinski definition) is 5. The Balaban J connectivity index is 2.03. The van der Waals surface area contributed by atoms with Crippen molar-refractivity contribution in [1.29, 1.82) is 0 Å². The Kier molecular flexibility index (Phi) is 4.91. The van der Waals surface area contributed by atoms with E-state index in [2.05, 4.69) is 4.98 Å². The molecule has 3 aromatic rings. The van der Waals surface area contributed by atoms with E-state index in [0.717, 1.165) is 15.7 Å².